The van der Waals surface area contributed by atoms with Crippen molar-refractivity contribution in [3.63, 3.8) is 0 Å². The highest BCUT2D eigenvalue weighted by Crippen LogP contribution is 2.27. The maximum Gasteiger partial charge on any atom is 0.220 e. The molecule has 1 aromatic carbocycles. The molecular weight excluding hydrogens is 369 g/mol. The molecule has 0 aliphatic carbocycles. The fourth-order valence-electron chi connectivity index (χ4n) is 3.13. The van der Waals surface area contributed by atoms with Crippen LogP contribution < -0.4 is 5.73 Å². The average molecular weight is 386 g/mol. The Bertz CT molecular complexity index is 943. The van der Waals surface area contributed by atoms with E-state index in [1.165, 1.54) is 0 Å². The van der Waals surface area contributed by atoms with Crippen LogP contribution in [0.3, 0.4) is 0 Å². The molecule has 7 heteroatoms. The molecule has 0 atom stereocenters. The van der Waals surface area contributed by atoms with Crippen LogP contribution in [0, 0.1) is 0 Å². The normalized spacial score (nSPS) is 14.2. The summed E-state index contributed by atoms with van der Waals surface area (Å²) in [7, 11) is 0. The van der Waals surface area contributed by atoms with Gasteiger partial charge in [-0.25, -0.2) is 9.97 Å². The lowest BCUT2D eigenvalue weighted by atomic mass is 10.1. The Morgan fingerprint density at radius 3 is 2.69 bits per heavy atom. The summed E-state index contributed by atoms with van der Waals surface area (Å²) in [6.45, 7) is 2.60. The van der Waals surface area contributed by atoms with Crippen molar-refractivity contribution >= 4 is 29.2 Å². The van der Waals surface area contributed by atoms with Crippen LogP contribution in [0.2, 0.25) is 10.0 Å². The molecular formula is C19H17Cl2N5. The van der Waals surface area contributed by atoms with Gasteiger partial charge >= 0.3 is 0 Å². The van der Waals surface area contributed by atoms with Gasteiger partial charge in [-0.05, 0) is 23.8 Å². The summed E-state index contributed by atoms with van der Waals surface area (Å²) in [5, 5.41) is 1.08. The Labute approximate surface area is 161 Å². The molecule has 0 amide bonds. The average Bonchev–Trinajstić information content (AvgIpc) is 2.65. The molecule has 5 nitrogen and oxygen atoms in total. The molecule has 4 rings (SSSR count). The van der Waals surface area contributed by atoms with Gasteiger partial charge in [-0.3, -0.25) is 9.88 Å². The number of hydrogen-bond donors (Lipinski definition) is 1. The second kappa shape index (κ2) is 7.19. The van der Waals surface area contributed by atoms with Crippen molar-refractivity contribution in [2.75, 3.05) is 12.3 Å². The van der Waals surface area contributed by atoms with Crippen molar-refractivity contribution < 1.29 is 0 Å². The quantitative estimate of drug-likeness (QED) is 0.737. The van der Waals surface area contributed by atoms with E-state index in [2.05, 4.69) is 25.9 Å². The Morgan fingerprint density at radius 2 is 1.92 bits per heavy atom. The Hall–Kier alpha value is -2.21. The van der Waals surface area contributed by atoms with Gasteiger partial charge in [0.25, 0.3) is 0 Å². The third-order valence-corrected chi connectivity index (χ3v) is 5.22. The molecule has 0 unspecified atom stereocenters. The summed E-state index contributed by atoms with van der Waals surface area (Å²) < 4.78 is 0. The van der Waals surface area contributed by atoms with E-state index in [1.54, 1.807) is 6.07 Å². The van der Waals surface area contributed by atoms with Crippen LogP contribution in [0.15, 0.2) is 42.7 Å². The second-order valence-electron chi connectivity index (χ2n) is 6.34. The zero-order chi connectivity index (χ0) is 18.1. The van der Waals surface area contributed by atoms with Gasteiger partial charge in [0, 0.05) is 49.6 Å². The number of anilines is 1. The van der Waals surface area contributed by atoms with Crippen LogP contribution in [0.4, 0.5) is 5.95 Å². The van der Waals surface area contributed by atoms with Crippen LogP contribution in [-0.4, -0.2) is 26.4 Å². The Balaban J connectivity index is 1.46. The summed E-state index contributed by atoms with van der Waals surface area (Å²) in [5.41, 5.74) is 10.8. The number of nitrogens with two attached hydrogens (primary N) is 1. The molecule has 0 saturated carbocycles. The molecule has 132 valence electrons. The minimum Gasteiger partial charge on any atom is -0.368 e. The highest BCUT2D eigenvalue weighted by Gasteiger charge is 2.18. The molecule has 0 spiro atoms. The van der Waals surface area contributed by atoms with E-state index in [1.807, 2.05) is 30.6 Å². The number of pyridine rings is 1. The van der Waals surface area contributed by atoms with Crippen LogP contribution in [0.1, 0.15) is 16.8 Å². The maximum absolute atomic E-state index is 6.09. The zero-order valence-corrected chi connectivity index (χ0v) is 15.5. The van der Waals surface area contributed by atoms with Crippen molar-refractivity contribution in [3.05, 3.63) is 69.6 Å². The van der Waals surface area contributed by atoms with Crippen molar-refractivity contribution in [2.24, 2.45) is 0 Å². The summed E-state index contributed by atoms with van der Waals surface area (Å²) in [6, 6.07) is 9.65. The molecule has 26 heavy (non-hydrogen) atoms. The van der Waals surface area contributed by atoms with E-state index < -0.39 is 0 Å². The molecule has 2 N–H and O–H groups in total. The molecule has 1 aliphatic rings. The fourth-order valence-corrected chi connectivity index (χ4v) is 3.43. The van der Waals surface area contributed by atoms with Gasteiger partial charge in [0.15, 0.2) is 0 Å². The van der Waals surface area contributed by atoms with E-state index in [4.69, 9.17) is 28.9 Å². The first-order valence-electron chi connectivity index (χ1n) is 8.31. The summed E-state index contributed by atoms with van der Waals surface area (Å²) in [5.74, 6) is 0.347. The van der Waals surface area contributed by atoms with E-state index in [9.17, 15) is 0 Å². The zero-order valence-electron chi connectivity index (χ0n) is 14.0. The third kappa shape index (κ3) is 3.65. The smallest absolute Gasteiger partial charge is 0.220 e. The third-order valence-electron chi connectivity index (χ3n) is 4.48. The number of halogens is 2. The highest BCUT2D eigenvalue weighted by molar-refractivity contribution is 6.42. The SMILES string of the molecule is Nc1ncc2c(n1)CCN(Cc1ccc(-c3ccc(Cl)c(Cl)c3)nc1)C2. The predicted octanol–water partition coefficient (Wildman–Crippen LogP) is 3.99. The van der Waals surface area contributed by atoms with E-state index in [0.717, 1.165) is 54.1 Å². The van der Waals surface area contributed by atoms with Gasteiger partial charge in [0.2, 0.25) is 5.95 Å². The fraction of sp³-hybridized carbons (Fsp3) is 0.211. The first kappa shape index (κ1) is 17.2. The second-order valence-corrected chi connectivity index (χ2v) is 7.16. The summed E-state index contributed by atoms with van der Waals surface area (Å²) in [4.78, 5) is 15.4. The van der Waals surface area contributed by atoms with Crippen LogP contribution >= 0.6 is 23.2 Å². The molecule has 2 aromatic heterocycles. The number of nitrogens with zero attached hydrogens (tertiary/aromatic N) is 4. The van der Waals surface area contributed by atoms with Crippen molar-refractivity contribution in [3.8, 4) is 11.3 Å². The van der Waals surface area contributed by atoms with Gasteiger partial charge in [-0.2, -0.15) is 0 Å². The number of hydrogen-bond acceptors (Lipinski definition) is 5. The molecule has 3 heterocycles. The topological polar surface area (TPSA) is 67.9 Å². The molecule has 0 bridgehead atoms. The van der Waals surface area contributed by atoms with Gasteiger partial charge in [-0.15, -0.1) is 0 Å². The van der Waals surface area contributed by atoms with Crippen molar-refractivity contribution in [1.82, 2.24) is 19.9 Å². The largest absolute Gasteiger partial charge is 0.368 e. The van der Waals surface area contributed by atoms with Gasteiger partial charge in [0.05, 0.1) is 21.4 Å². The van der Waals surface area contributed by atoms with Crippen molar-refractivity contribution in [1.29, 1.82) is 0 Å². The number of nitrogen functional groups attached to an aromatic ring is 1. The van der Waals surface area contributed by atoms with Crippen LogP contribution in [0.25, 0.3) is 11.3 Å². The van der Waals surface area contributed by atoms with E-state index >= 15 is 0 Å². The van der Waals surface area contributed by atoms with E-state index in [0.29, 0.717) is 16.0 Å². The van der Waals surface area contributed by atoms with Crippen molar-refractivity contribution in [2.45, 2.75) is 19.5 Å². The summed E-state index contributed by atoms with van der Waals surface area (Å²) >= 11 is 12.1. The minimum absolute atomic E-state index is 0.347. The van der Waals surface area contributed by atoms with Gasteiger partial charge in [-0.1, -0.05) is 35.3 Å². The van der Waals surface area contributed by atoms with Crippen LogP contribution in [0.5, 0.6) is 0 Å². The number of rotatable bonds is 3. The molecule has 0 saturated heterocycles. The van der Waals surface area contributed by atoms with E-state index in [-0.39, 0.29) is 0 Å². The molecule has 1 aliphatic heterocycles. The van der Waals surface area contributed by atoms with Crippen LogP contribution in [-0.2, 0) is 19.5 Å². The lowest BCUT2D eigenvalue weighted by Gasteiger charge is -2.27. The maximum atomic E-state index is 6.09. The first-order valence-corrected chi connectivity index (χ1v) is 9.07. The molecule has 0 fully saturated rings. The Morgan fingerprint density at radius 1 is 1.04 bits per heavy atom. The predicted molar refractivity (Wildman–Crippen MR) is 104 cm³/mol. The lowest BCUT2D eigenvalue weighted by Crippen LogP contribution is -2.31. The lowest BCUT2D eigenvalue weighted by molar-refractivity contribution is 0.243. The number of benzene rings is 1. The highest BCUT2D eigenvalue weighted by atomic mass is 35.5. The Kier molecular flexibility index (Phi) is 4.76. The number of fused-ring (bicyclic) bond motifs is 1. The summed E-state index contributed by atoms with van der Waals surface area (Å²) in [6.07, 6.45) is 4.62. The molecule has 0 radical (unpaired) electrons. The van der Waals surface area contributed by atoms with Gasteiger partial charge in [0.1, 0.15) is 0 Å². The first-order chi connectivity index (χ1) is 12.6. The monoisotopic (exact) mass is 385 g/mol. The molecule has 3 aromatic rings. The van der Waals surface area contributed by atoms with Gasteiger partial charge < -0.3 is 5.73 Å². The standard InChI is InChI=1S/C19H17Cl2N5/c20-15-3-2-13(7-16(15)21)17-4-1-12(8-23-17)10-26-6-5-18-14(11-26)9-24-19(22)25-18/h1-4,7-9H,5-6,10-11H2,(H2,22,24,25). The number of aromatic nitrogens is 3. The minimum atomic E-state index is 0.347.